The van der Waals surface area contributed by atoms with E-state index >= 15 is 0 Å². The molecule has 0 saturated carbocycles. The molecule has 1 aliphatic heterocycles. The maximum absolute atomic E-state index is 13.4. The summed E-state index contributed by atoms with van der Waals surface area (Å²) >= 11 is 0. The molecule has 8 heteroatoms. The van der Waals surface area contributed by atoms with Gasteiger partial charge in [0, 0.05) is 31.6 Å². The van der Waals surface area contributed by atoms with Gasteiger partial charge in [-0.3, -0.25) is 14.4 Å². The smallest absolute Gasteiger partial charge is 0.289 e. The first-order chi connectivity index (χ1) is 15.6. The number of piperazine rings is 1. The summed E-state index contributed by atoms with van der Waals surface area (Å²) in [5.74, 6) is -0.174. The van der Waals surface area contributed by atoms with Crippen LogP contribution in [0.3, 0.4) is 0 Å². The Morgan fingerprint density at radius 2 is 1.38 bits per heavy atom. The Hall–Kier alpha value is -4.20. The summed E-state index contributed by atoms with van der Waals surface area (Å²) in [6.07, 6.45) is 1.46. The number of hydrogen-bond acceptors (Lipinski definition) is 5. The van der Waals surface area contributed by atoms with E-state index in [2.05, 4.69) is 5.10 Å². The first-order valence-electron chi connectivity index (χ1n) is 10.3. The monoisotopic (exact) mass is 428 g/mol. The van der Waals surface area contributed by atoms with Gasteiger partial charge in [0.15, 0.2) is 11.5 Å². The number of carbonyl (C=O) groups excluding carboxylic acids is 2. The van der Waals surface area contributed by atoms with Crippen LogP contribution in [0.5, 0.6) is 0 Å². The van der Waals surface area contributed by atoms with Crippen LogP contribution in [0.15, 0.2) is 82.2 Å². The molecule has 2 amide bonds. The van der Waals surface area contributed by atoms with E-state index in [1.54, 1.807) is 58.3 Å². The maximum atomic E-state index is 13.4. The van der Waals surface area contributed by atoms with Gasteiger partial charge < -0.3 is 14.2 Å². The number of carbonyl (C=O) groups is 2. The third-order valence-corrected chi connectivity index (χ3v) is 5.59. The van der Waals surface area contributed by atoms with Crippen molar-refractivity contribution in [3.63, 3.8) is 0 Å². The molecule has 2 aromatic heterocycles. The summed E-state index contributed by atoms with van der Waals surface area (Å²) in [7, 11) is 0. The Morgan fingerprint density at radius 1 is 0.750 bits per heavy atom. The van der Waals surface area contributed by atoms with Crippen molar-refractivity contribution in [1.29, 1.82) is 0 Å². The maximum Gasteiger partial charge on any atom is 0.289 e. The van der Waals surface area contributed by atoms with Crippen LogP contribution in [0.2, 0.25) is 0 Å². The van der Waals surface area contributed by atoms with Gasteiger partial charge in [0.1, 0.15) is 0 Å². The largest absolute Gasteiger partial charge is 0.459 e. The number of furan rings is 1. The molecule has 5 rings (SSSR count). The average Bonchev–Trinajstić information content (AvgIpc) is 3.39. The molecule has 0 radical (unpaired) electrons. The van der Waals surface area contributed by atoms with Crippen LogP contribution in [0.4, 0.5) is 0 Å². The first-order valence-corrected chi connectivity index (χ1v) is 10.3. The molecular weight excluding hydrogens is 408 g/mol. The van der Waals surface area contributed by atoms with Gasteiger partial charge in [-0.2, -0.15) is 9.78 Å². The lowest BCUT2D eigenvalue weighted by Gasteiger charge is -2.34. The standard InChI is InChI=1S/C24H20N4O4/c29-22-19-10-5-4-9-18(19)21(25-28(22)17-7-2-1-3-8-17)24(31)27-14-12-26(13-15-27)23(30)20-11-6-16-32-20/h1-11,16H,12-15H2. The van der Waals surface area contributed by atoms with Crippen LogP contribution >= 0.6 is 0 Å². The molecule has 0 unspecified atom stereocenters. The van der Waals surface area contributed by atoms with Crippen molar-refractivity contribution in [3.05, 3.63) is 94.8 Å². The van der Waals surface area contributed by atoms with Crippen molar-refractivity contribution < 1.29 is 14.0 Å². The Balaban J connectivity index is 1.46. The minimum absolute atomic E-state index is 0.191. The highest BCUT2D eigenvalue weighted by Crippen LogP contribution is 2.18. The quantitative estimate of drug-likeness (QED) is 0.500. The highest BCUT2D eigenvalue weighted by molar-refractivity contribution is 6.05. The lowest BCUT2D eigenvalue weighted by atomic mass is 10.1. The zero-order valence-corrected chi connectivity index (χ0v) is 17.2. The normalized spacial score (nSPS) is 14.0. The summed E-state index contributed by atoms with van der Waals surface area (Å²) in [6, 6.07) is 19.3. The predicted molar refractivity (Wildman–Crippen MR) is 118 cm³/mol. The Labute approximate surface area is 183 Å². The van der Waals surface area contributed by atoms with E-state index in [9.17, 15) is 14.4 Å². The van der Waals surface area contributed by atoms with Gasteiger partial charge in [0.05, 0.1) is 17.3 Å². The lowest BCUT2D eigenvalue weighted by molar-refractivity contribution is 0.0515. The van der Waals surface area contributed by atoms with Crippen molar-refractivity contribution >= 4 is 22.6 Å². The van der Waals surface area contributed by atoms with Crippen LogP contribution < -0.4 is 5.56 Å². The van der Waals surface area contributed by atoms with E-state index in [4.69, 9.17) is 4.42 Å². The van der Waals surface area contributed by atoms with Crippen molar-refractivity contribution in [2.45, 2.75) is 0 Å². The van der Waals surface area contributed by atoms with E-state index in [-0.39, 0.29) is 28.8 Å². The number of para-hydroxylation sites is 1. The summed E-state index contributed by atoms with van der Waals surface area (Å²) in [5.41, 5.74) is 0.526. The minimum atomic E-state index is -0.280. The molecule has 1 aliphatic rings. The van der Waals surface area contributed by atoms with Gasteiger partial charge >= 0.3 is 0 Å². The molecule has 1 fully saturated rings. The fourth-order valence-corrected chi connectivity index (χ4v) is 3.91. The molecule has 0 atom stereocenters. The number of amides is 2. The third-order valence-electron chi connectivity index (χ3n) is 5.59. The minimum Gasteiger partial charge on any atom is -0.459 e. The molecule has 0 aliphatic carbocycles. The van der Waals surface area contributed by atoms with Crippen LogP contribution in [-0.4, -0.2) is 57.6 Å². The van der Waals surface area contributed by atoms with Crippen LogP contribution in [-0.2, 0) is 0 Å². The molecule has 0 spiro atoms. The van der Waals surface area contributed by atoms with E-state index in [1.807, 2.05) is 18.2 Å². The van der Waals surface area contributed by atoms with Crippen LogP contribution in [0.1, 0.15) is 21.0 Å². The Bertz CT molecular complexity index is 1340. The Morgan fingerprint density at radius 3 is 2.03 bits per heavy atom. The van der Waals surface area contributed by atoms with Gasteiger partial charge in [-0.1, -0.05) is 36.4 Å². The van der Waals surface area contributed by atoms with Gasteiger partial charge in [0.25, 0.3) is 17.4 Å². The highest BCUT2D eigenvalue weighted by Gasteiger charge is 2.28. The first kappa shape index (κ1) is 19.7. The van der Waals surface area contributed by atoms with E-state index in [0.29, 0.717) is 42.6 Å². The number of fused-ring (bicyclic) bond motifs is 1. The van der Waals surface area contributed by atoms with Gasteiger partial charge in [-0.15, -0.1) is 0 Å². The number of benzene rings is 2. The molecular formula is C24H20N4O4. The van der Waals surface area contributed by atoms with Gasteiger partial charge in [-0.25, -0.2) is 0 Å². The molecule has 4 aromatic rings. The number of nitrogens with zero attached hydrogens (tertiary/aromatic N) is 4. The van der Waals surface area contributed by atoms with E-state index in [0.717, 1.165) is 0 Å². The second-order valence-corrected chi connectivity index (χ2v) is 7.51. The number of hydrogen-bond donors (Lipinski definition) is 0. The fourth-order valence-electron chi connectivity index (χ4n) is 3.91. The van der Waals surface area contributed by atoms with E-state index < -0.39 is 0 Å². The fraction of sp³-hybridized carbons (Fsp3) is 0.167. The highest BCUT2D eigenvalue weighted by atomic mass is 16.3. The van der Waals surface area contributed by atoms with Crippen molar-refractivity contribution in [2.24, 2.45) is 0 Å². The molecule has 3 heterocycles. The van der Waals surface area contributed by atoms with E-state index in [1.165, 1.54) is 10.9 Å². The summed E-state index contributed by atoms with van der Waals surface area (Å²) < 4.78 is 6.46. The van der Waals surface area contributed by atoms with Crippen molar-refractivity contribution in [3.8, 4) is 5.69 Å². The van der Waals surface area contributed by atoms with Crippen molar-refractivity contribution in [1.82, 2.24) is 19.6 Å². The number of aromatic nitrogens is 2. The van der Waals surface area contributed by atoms with Gasteiger partial charge in [-0.05, 0) is 30.3 Å². The number of rotatable bonds is 3. The zero-order valence-electron chi connectivity index (χ0n) is 17.2. The summed E-state index contributed by atoms with van der Waals surface area (Å²) in [4.78, 5) is 42.3. The second-order valence-electron chi connectivity index (χ2n) is 7.51. The molecule has 0 N–H and O–H groups in total. The second kappa shape index (κ2) is 8.14. The predicted octanol–water partition coefficient (Wildman–Crippen LogP) is 2.58. The Kier molecular flexibility index (Phi) is 5.03. The summed E-state index contributed by atoms with van der Waals surface area (Å²) in [6.45, 7) is 1.51. The molecule has 1 saturated heterocycles. The van der Waals surface area contributed by atoms with Crippen molar-refractivity contribution in [2.75, 3.05) is 26.2 Å². The molecule has 0 bridgehead atoms. The van der Waals surface area contributed by atoms with Gasteiger partial charge in [0.2, 0.25) is 0 Å². The SMILES string of the molecule is O=C(c1ccco1)N1CCN(C(=O)c2nn(-c3ccccc3)c(=O)c3ccccc23)CC1. The lowest BCUT2D eigenvalue weighted by Crippen LogP contribution is -2.51. The molecule has 2 aromatic carbocycles. The molecule has 32 heavy (non-hydrogen) atoms. The topological polar surface area (TPSA) is 88.7 Å². The van der Waals surface area contributed by atoms with Crippen LogP contribution in [0.25, 0.3) is 16.5 Å². The summed E-state index contributed by atoms with van der Waals surface area (Å²) in [5, 5.41) is 5.41. The molecule has 8 nitrogen and oxygen atoms in total. The average molecular weight is 428 g/mol. The zero-order chi connectivity index (χ0) is 22.1. The van der Waals surface area contributed by atoms with Crippen LogP contribution in [0, 0.1) is 0 Å². The molecule has 160 valence electrons. The third kappa shape index (κ3) is 3.45.